The Hall–Kier alpha value is -1.68. The molecule has 5 fully saturated rings. The lowest BCUT2D eigenvalue weighted by atomic mass is 9.48. The van der Waals surface area contributed by atoms with Gasteiger partial charge in [-0.15, -0.1) is 0 Å². The van der Waals surface area contributed by atoms with Gasteiger partial charge in [0.15, 0.2) is 6.61 Å². The number of nitrogens with zero attached hydrogens (tertiary/aromatic N) is 2. The molecule has 5 aliphatic rings. The van der Waals surface area contributed by atoms with Crippen molar-refractivity contribution >= 4 is 33.5 Å². The zero-order chi connectivity index (χ0) is 23.4. The number of benzene rings is 1. The maximum absolute atomic E-state index is 13.0. The molecule has 180 valence electrons. The first-order chi connectivity index (χ1) is 15.6. The number of carbonyl (C=O) groups is 2. The molecule has 1 aromatic carbocycles. The minimum absolute atomic E-state index is 0.165. The second-order valence-corrected chi connectivity index (χ2v) is 12.7. The summed E-state index contributed by atoms with van der Waals surface area (Å²) in [6.45, 7) is 0.463. The Morgan fingerprint density at radius 2 is 1.64 bits per heavy atom. The molecule has 2 unspecified atom stereocenters. The van der Waals surface area contributed by atoms with Gasteiger partial charge < -0.3 is 14.7 Å². The molecule has 1 heterocycles. The minimum atomic E-state index is -3.66. The van der Waals surface area contributed by atoms with Crippen LogP contribution in [0.25, 0.3) is 0 Å². The van der Waals surface area contributed by atoms with Gasteiger partial charge in [-0.3, -0.25) is 9.59 Å². The quantitative estimate of drug-likeness (QED) is 0.626. The van der Waals surface area contributed by atoms with Crippen LogP contribution in [0, 0.1) is 17.3 Å². The van der Waals surface area contributed by atoms with Crippen LogP contribution in [0.3, 0.4) is 0 Å². The smallest absolute Gasteiger partial charge is 0.312 e. The van der Waals surface area contributed by atoms with E-state index in [0.717, 1.165) is 32.1 Å². The highest BCUT2D eigenvalue weighted by Crippen LogP contribution is 2.61. The van der Waals surface area contributed by atoms with Gasteiger partial charge in [-0.25, -0.2) is 8.42 Å². The molecule has 6 rings (SSSR count). The number of sulfonamides is 1. The molecule has 4 saturated carbocycles. The second-order valence-electron chi connectivity index (χ2n) is 10.3. The summed E-state index contributed by atoms with van der Waals surface area (Å²) in [7, 11) is -3.66. The summed E-state index contributed by atoms with van der Waals surface area (Å²) in [4.78, 5) is 27.4. The highest BCUT2D eigenvalue weighted by Gasteiger charge is 2.61. The van der Waals surface area contributed by atoms with Crippen molar-refractivity contribution in [3.63, 3.8) is 0 Å². The lowest BCUT2D eigenvalue weighted by Crippen LogP contribution is -2.58. The number of carbonyl (C=O) groups excluding carboxylic acids is 2. The van der Waals surface area contributed by atoms with E-state index in [1.54, 1.807) is 0 Å². The molecular formula is C23H29ClN2O6S. The third-order valence-corrected chi connectivity index (χ3v) is 10.00. The summed E-state index contributed by atoms with van der Waals surface area (Å²) in [6.07, 6.45) is 4.50. The Kier molecular flexibility index (Phi) is 5.75. The zero-order valence-corrected chi connectivity index (χ0v) is 20.0. The summed E-state index contributed by atoms with van der Waals surface area (Å²) in [6, 6.07) is 6.00. The van der Waals surface area contributed by atoms with Gasteiger partial charge in [0.05, 0.1) is 15.9 Å². The highest BCUT2D eigenvalue weighted by atomic mass is 35.5. The van der Waals surface area contributed by atoms with Crippen molar-refractivity contribution in [1.82, 2.24) is 9.21 Å². The van der Waals surface area contributed by atoms with Crippen LogP contribution in [0.15, 0.2) is 29.2 Å². The zero-order valence-electron chi connectivity index (χ0n) is 18.4. The average Bonchev–Trinajstić information content (AvgIpc) is 2.76. The number of hydrogen-bond acceptors (Lipinski definition) is 6. The van der Waals surface area contributed by atoms with E-state index in [-0.39, 0.29) is 49.6 Å². The normalized spacial score (nSPS) is 33.8. The first kappa shape index (κ1) is 23.1. The molecule has 1 aliphatic heterocycles. The maximum atomic E-state index is 13.0. The molecule has 10 heteroatoms. The van der Waals surface area contributed by atoms with E-state index in [9.17, 15) is 23.1 Å². The number of piperazine rings is 1. The van der Waals surface area contributed by atoms with E-state index in [4.69, 9.17) is 16.3 Å². The topological polar surface area (TPSA) is 104 Å². The number of esters is 1. The van der Waals surface area contributed by atoms with Crippen LogP contribution in [0.2, 0.25) is 5.02 Å². The molecule has 4 bridgehead atoms. The molecule has 1 N–H and O–H groups in total. The molecule has 4 aliphatic carbocycles. The van der Waals surface area contributed by atoms with Crippen LogP contribution < -0.4 is 0 Å². The van der Waals surface area contributed by atoms with Crippen molar-refractivity contribution in [1.29, 1.82) is 0 Å². The van der Waals surface area contributed by atoms with E-state index >= 15 is 0 Å². The monoisotopic (exact) mass is 496 g/mol. The van der Waals surface area contributed by atoms with Gasteiger partial charge in [-0.2, -0.15) is 4.31 Å². The number of rotatable bonds is 5. The molecule has 33 heavy (non-hydrogen) atoms. The molecule has 0 spiro atoms. The van der Waals surface area contributed by atoms with Crippen LogP contribution in [0.5, 0.6) is 0 Å². The first-order valence-corrected chi connectivity index (χ1v) is 13.3. The molecule has 8 nitrogen and oxygen atoms in total. The van der Waals surface area contributed by atoms with E-state index in [0.29, 0.717) is 23.3 Å². The first-order valence-electron chi connectivity index (χ1n) is 11.5. The number of hydrogen-bond donors (Lipinski definition) is 1. The third kappa shape index (κ3) is 4.29. The standard InChI is InChI=1S/C23H29ClN2O6S/c24-18-1-3-19(4-2-18)33(30,31)26-7-5-25(6-8-26)20(27)14-32-21(28)22-10-16-9-17(11-22)13-23(29,12-16)15-22/h1-4,16-17,29H,5-15H2. The van der Waals surface area contributed by atoms with Gasteiger partial charge in [-0.1, -0.05) is 11.6 Å². The fraction of sp³-hybridized carbons (Fsp3) is 0.652. The van der Waals surface area contributed by atoms with Crippen molar-refractivity contribution < 1.29 is 27.9 Å². The maximum Gasteiger partial charge on any atom is 0.312 e. The molecule has 0 aromatic heterocycles. The second kappa shape index (κ2) is 8.22. The molecule has 2 atom stereocenters. The fourth-order valence-corrected chi connectivity index (χ4v) is 8.31. The Morgan fingerprint density at radius 3 is 2.21 bits per heavy atom. The molecule has 0 radical (unpaired) electrons. The van der Waals surface area contributed by atoms with Gasteiger partial charge >= 0.3 is 5.97 Å². The predicted molar refractivity (Wildman–Crippen MR) is 120 cm³/mol. The molecule has 1 amide bonds. The third-order valence-electron chi connectivity index (χ3n) is 7.83. The summed E-state index contributed by atoms with van der Waals surface area (Å²) >= 11 is 5.85. The predicted octanol–water partition coefficient (Wildman–Crippen LogP) is 2.05. The number of aliphatic hydroxyl groups is 1. The van der Waals surface area contributed by atoms with Gasteiger partial charge in [0.25, 0.3) is 5.91 Å². The molecule has 1 aromatic rings. The summed E-state index contributed by atoms with van der Waals surface area (Å²) in [5.41, 5.74) is -1.43. The minimum Gasteiger partial charge on any atom is -0.455 e. The van der Waals surface area contributed by atoms with Crippen LogP contribution in [0.1, 0.15) is 38.5 Å². The molecular weight excluding hydrogens is 468 g/mol. The van der Waals surface area contributed by atoms with E-state index in [2.05, 4.69) is 0 Å². The van der Waals surface area contributed by atoms with Gasteiger partial charge in [0.2, 0.25) is 10.0 Å². The lowest BCUT2D eigenvalue weighted by molar-refractivity contribution is -0.197. The highest BCUT2D eigenvalue weighted by molar-refractivity contribution is 7.89. The van der Waals surface area contributed by atoms with Gasteiger partial charge in [0.1, 0.15) is 0 Å². The van der Waals surface area contributed by atoms with Crippen LogP contribution in [-0.4, -0.2) is 73.0 Å². The summed E-state index contributed by atoms with van der Waals surface area (Å²) < 4.78 is 32.4. The van der Waals surface area contributed by atoms with Crippen LogP contribution in [-0.2, 0) is 24.3 Å². The Balaban J connectivity index is 1.15. The van der Waals surface area contributed by atoms with Crippen molar-refractivity contribution in [3.05, 3.63) is 29.3 Å². The van der Waals surface area contributed by atoms with Crippen molar-refractivity contribution in [3.8, 4) is 0 Å². The van der Waals surface area contributed by atoms with Crippen LogP contribution in [0.4, 0.5) is 0 Å². The van der Waals surface area contributed by atoms with Gasteiger partial charge in [0, 0.05) is 31.2 Å². The van der Waals surface area contributed by atoms with E-state index < -0.39 is 21.0 Å². The summed E-state index contributed by atoms with van der Waals surface area (Å²) in [5, 5.41) is 11.3. The Bertz CT molecular complexity index is 1040. The van der Waals surface area contributed by atoms with E-state index in [1.165, 1.54) is 33.5 Å². The lowest BCUT2D eigenvalue weighted by Gasteiger charge is -2.58. The number of halogens is 1. The number of ether oxygens (including phenoxy) is 1. The van der Waals surface area contributed by atoms with E-state index in [1.807, 2.05) is 0 Å². The van der Waals surface area contributed by atoms with Crippen molar-refractivity contribution in [2.75, 3.05) is 32.8 Å². The molecule has 1 saturated heterocycles. The Labute approximate surface area is 198 Å². The SMILES string of the molecule is O=C(COC(=O)C12CC3CC(CC(O)(C3)C1)C2)N1CCN(S(=O)(=O)c2ccc(Cl)cc2)CC1. The number of amides is 1. The van der Waals surface area contributed by atoms with Gasteiger partial charge in [-0.05, 0) is 74.6 Å². The Morgan fingerprint density at radius 1 is 1.03 bits per heavy atom. The summed E-state index contributed by atoms with van der Waals surface area (Å²) in [5.74, 6) is 0.0213. The van der Waals surface area contributed by atoms with Crippen molar-refractivity contribution in [2.24, 2.45) is 17.3 Å². The van der Waals surface area contributed by atoms with Crippen LogP contribution >= 0.6 is 11.6 Å². The largest absolute Gasteiger partial charge is 0.455 e. The van der Waals surface area contributed by atoms with Crippen molar-refractivity contribution in [2.45, 2.75) is 49.0 Å². The fourth-order valence-electron chi connectivity index (χ4n) is 6.76. The average molecular weight is 497 g/mol.